The van der Waals surface area contributed by atoms with E-state index in [0.717, 1.165) is 25.9 Å². The molecule has 1 saturated heterocycles. The van der Waals surface area contributed by atoms with Crippen molar-refractivity contribution in [1.82, 2.24) is 20.1 Å². The molecule has 2 heterocycles. The highest BCUT2D eigenvalue weighted by atomic mass is 16.2. The van der Waals surface area contributed by atoms with Crippen LogP contribution in [0.3, 0.4) is 0 Å². The summed E-state index contributed by atoms with van der Waals surface area (Å²) in [6, 6.07) is 1.69. The van der Waals surface area contributed by atoms with Gasteiger partial charge in [0.1, 0.15) is 5.69 Å². The number of hydrogen-bond donors (Lipinski definition) is 2. The van der Waals surface area contributed by atoms with E-state index >= 15 is 0 Å². The smallest absolute Gasteiger partial charge is 0.270 e. The molecule has 25 heavy (non-hydrogen) atoms. The third-order valence-electron chi connectivity index (χ3n) is 4.26. The molecular formula is C18H28N4O3. The number of Topliss-reactive ketones (excluding diaryl/α,β-unsaturated/α-hetero) is 1. The lowest BCUT2D eigenvalue weighted by Crippen LogP contribution is -2.41. The van der Waals surface area contributed by atoms with Crippen LogP contribution in [0.2, 0.25) is 0 Å². The Bertz CT molecular complexity index is 618. The predicted molar refractivity (Wildman–Crippen MR) is 95.7 cm³/mol. The number of rotatable bonds is 8. The van der Waals surface area contributed by atoms with Crippen LogP contribution < -0.4 is 5.32 Å². The van der Waals surface area contributed by atoms with E-state index in [1.807, 2.05) is 20.8 Å². The van der Waals surface area contributed by atoms with Crippen molar-refractivity contribution >= 4 is 17.6 Å². The lowest BCUT2D eigenvalue weighted by atomic mass is 10.2. The zero-order valence-corrected chi connectivity index (χ0v) is 15.3. The predicted octanol–water partition coefficient (Wildman–Crippen LogP) is 1.28. The fourth-order valence-corrected chi connectivity index (χ4v) is 2.91. The van der Waals surface area contributed by atoms with Crippen LogP contribution in [0.25, 0.3) is 0 Å². The van der Waals surface area contributed by atoms with Crippen LogP contribution in [0.4, 0.5) is 0 Å². The van der Waals surface area contributed by atoms with Crippen molar-refractivity contribution in [2.45, 2.75) is 39.7 Å². The molecule has 1 fully saturated rings. The molecule has 7 nitrogen and oxygen atoms in total. The summed E-state index contributed by atoms with van der Waals surface area (Å²) in [5, 5.41) is 2.82. The standard InChI is InChI=1S/C18H28N4O3/c1-4-21(12-17(24)20-13(2)3)11-16(23)14-9-15(19-10-14)18(25)22-7-5-6-8-22/h9-10,13,19H,4-8,11-12H2,1-3H3,(H,20,24). The number of nitrogens with zero attached hydrogens (tertiary/aromatic N) is 2. The van der Waals surface area contributed by atoms with Crippen molar-refractivity contribution in [2.24, 2.45) is 0 Å². The van der Waals surface area contributed by atoms with E-state index in [1.54, 1.807) is 22.1 Å². The second-order valence-electron chi connectivity index (χ2n) is 6.75. The second-order valence-corrected chi connectivity index (χ2v) is 6.75. The lowest BCUT2D eigenvalue weighted by Gasteiger charge is -2.19. The Morgan fingerprint density at radius 1 is 1.24 bits per heavy atom. The number of ketones is 1. The summed E-state index contributed by atoms with van der Waals surface area (Å²) >= 11 is 0. The van der Waals surface area contributed by atoms with E-state index in [0.29, 0.717) is 17.8 Å². The van der Waals surface area contributed by atoms with Gasteiger partial charge in [-0.15, -0.1) is 0 Å². The van der Waals surface area contributed by atoms with Crippen LogP contribution in [0.15, 0.2) is 12.3 Å². The van der Waals surface area contributed by atoms with Gasteiger partial charge >= 0.3 is 0 Å². The van der Waals surface area contributed by atoms with Gasteiger partial charge in [-0.3, -0.25) is 19.3 Å². The van der Waals surface area contributed by atoms with Crippen molar-refractivity contribution in [1.29, 1.82) is 0 Å². The zero-order valence-electron chi connectivity index (χ0n) is 15.3. The van der Waals surface area contributed by atoms with Gasteiger partial charge in [-0.1, -0.05) is 6.92 Å². The molecule has 1 aromatic rings. The highest BCUT2D eigenvalue weighted by Gasteiger charge is 2.22. The highest BCUT2D eigenvalue weighted by Crippen LogP contribution is 2.13. The molecule has 1 aliphatic heterocycles. The molecular weight excluding hydrogens is 320 g/mol. The summed E-state index contributed by atoms with van der Waals surface area (Å²) in [6.07, 6.45) is 3.64. The van der Waals surface area contributed by atoms with E-state index in [-0.39, 0.29) is 36.7 Å². The Morgan fingerprint density at radius 2 is 1.92 bits per heavy atom. The summed E-state index contributed by atoms with van der Waals surface area (Å²) in [6.45, 7) is 8.19. The van der Waals surface area contributed by atoms with E-state index in [1.165, 1.54) is 0 Å². The average Bonchev–Trinajstić information content (AvgIpc) is 3.24. The van der Waals surface area contributed by atoms with Crippen LogP contribution in [0, 0.1) is 0 Å². The number of H-pyrrole nitrogens is 1. The molecule has 1 aromatic heterocycles. The topological polar surface area (TPSA) is 85.5 Å². The SMILES string of the molecule is CCN(CC(=O)NC(C)C)CC(=O)c1c[nH]c(C(=O)N2CCCC2)c1. The van der Waals surface area contributed by atoms with Gasteiger partial charge in [0.05, 0.1) is 13.1 Å². The number of carbonyl (C=O) groups excluding carboxylic acids is 3. The van der Waals surface area contributed by atoms with Crippen LogP contribution in [-0.2, 0) is 4.79 Å². The highest BCUT2D eigenvalue weighted by molar-refractivity contribution is 6.01. The van der Waals surface area contributed by atoms with Crippen molar-refractivity contribution < 1.29 is 14.4 Å². The number of carbonyl (C=O) groups is 3. The lowest BCUT2D eigenvalue weighted by molar-refractivity contribution is -0.122. The fraction of sp³-hybridized carbons (Fsp3) is 0.611. The van der Waals surface area contributed by atoms with Crippen molar-refractivity contribution in [3.05, 3.63) is 23.5 Å². The van der Waals surface area contributed by atoms with E-state index in [9.17, 15) is 14.4 Å². The third-order valence-corrected chi connectivity index (χ3v) is 4.26. The Labute approximate surface area is 148 Å². The van der Waals surface area contributed by atoms with Gasteiger partial charge in [-0.2, -0.15) is 0 Å². The quantitative estimate of drug-likeness (QED) is 0.693. The molecule has 0 atom stereocenters. The number of nitrogens with one attached hydrogen (secondary N) is 2. The largest absolute Gasteiger partial charge is 0.356 e. The first-order chi connectivity index (χ1) is 11.9. The molecule has 0 bridgehead atoms. The van der Waals surface area contributed by atoms with Crippen LogP contribution >= 0.6 is 0 Å². The van der Waals surface area contributed by atoms with Crippen molar-refractivity contribution in [2.75, 3.05) is 32.7 Å². The van der Waals surface area contributed by atoms with E-state index < -0.39 is 0 Å². The van der Waals surface area contributed by atoms with Crippen LogP contribution in [0.5, 0.6) is 0 Å². The van der Waals surface area contributed by atoms with Gasteiger partial charge in [0.25, 0.3) is 5.91 Å². The summed E-state index contributed by atoms with van der Waals surface area (Å²) in [7, 11) is 0. The first-order valence-electron chi connectivity index (χ1n) is 8.93. The van der Waals surface area contributed by atoms with E-state index in [2.05, 4.69) is 10.3 Å². The Balaban J connectivity index is 1.93. The van der Waals surface area contributed by atoms with Gasteiger partial charge in [0.15, 0.2) is 5.78 Å². The Morgan fingerprint density at radius 3 is 2.52 bits per heavy atom. The maximum atomic E-state index is 12.5. The first-order valence-corrected chi connectivity index (χ1v) is 8.93. The number of amides is 2. The molecule has 1 aliphatic rings. The molecule has 0 saturated carbocycles. The summed E-state index contributed by atoms with van der Waals surface area (Å²) in [5.74, 6) is -0.250. The molecule has 2 N–H and O–H groups in total. The van der Waals surface area contributed by atoms with E-state index in [4.69, 9.17) is 0 Å². The molecule has 2 rings (SSSR count). The van der Waals surface area contributed by atoms with Gasteiger partial charge in [-0.05, 0) is 39.3 Å². The molecule has 2 amide bonds. The van der Waals surface area contributed by atoms with Crippen molar-refractivity contribution in [3.63, 3.8) is 0 Å². The Kier molecular flexibility index (Phi) is 6.75. The third kappa shape index (κ3) is 5.42. The van der Waals surface area contributed by atoms with Gasteiger partial charge in [0.2, 0.25) is 5.91 Å². The van der Waals surface area contributed by atoms with Gasteiger partial charge < -0.3 is 15.2 Å². The molecule has 0 aromatic carbocycles. The zero-order chi connectivity index (χ0) is 18.4. The van der Waals surface area contributed by atoms with Gasteiger partial charge in [-0.25, -0.2) is 0 Å². The molecule has 0 unspecified atom stereocenters. The molecule has 0 aliphatic carbocycles. The molecule has 0 radical (unpaired) electrons. The number of likely N-dealkylation sites (N-methyl/N-ethyl adjacent to an activating group) is 1. The normalized spacial score (nSPS) is 14.4. The maximum absolute atomic E-state index is 12.5. The first kappa shape index (κ1) is 19.2. The molecule has 7 heteroatoms. The summed E-state index contributed by atoms with van der Waals surface area (Å²) in [4.78, 5) is 43.1. The van der Waals surface area contributed by atoms with Gasteiger partial charge in [0, 0.05) is 30.9 Å². The number of aromatic amines is 1. The van der Waals surface area contributed by atoms with Crippen LogP contribution in [0.1, 0.15) is 54.5 Å². The number of hydrogen-bond acceptors (Lipinski definition) is 4. The Hall–Kier alpha value is -2.15. The van der Waals surface area contributed by atoms with Crippen molar-refractivity contribution in [3.8, 4) is 0 Å². The monoisotopic (exact) mass is 348 g/mol. The summed E-state index contributed by atoms with van der Waals surface area (Å²) in [5.41, 5.74) is 0.927. The fourth-order valence-electron chi connectivity index (χ4n) is 2.91. The van der Waals surface area contributed by atoms with Crippen LogP contribution in [-0.4, -0.2) is 71.1 Å². The summed E-state index contributed by atoms with van der Waals surface area (Å²) < 4.78 is 0. The molecule has 0 spiro atoms. The second kappa shape index (κ2) is 8.80. The average molecular weight is 348 g/mol. The number of aromatic nitrogens is 1. The number of likely N-dealkylation sites (tertiary alicyclic amines) is 1. The minimum Gasteiger partial charge on any atom is -0.356 e. The maximum Gasteiger partial charge on any atom is 0.270 e. The minimum absolute atomic E-state index is 0.0554. The minimum atomic E-state index is -0.101. The molecule has 138 valence electrons.